The second-order valence-electron chi connectivity index (χ2n) is 5.62. The predicted octanol–water partition coefficient (Wildman–Crippen LogP) is 2.45. The van der Waals surface area contributed by atoms with E-state index in [1.807, 2.05) is 42.1 Å². The maximum Gasteiger partial charge on any atom is 0.318 e. The summed E-state index contributed by atoms with van der Waals surface area (Å²) in [7, 11) is 0. The smallest absolute Gasteiger partial charge is 0.318 e. The molecule has 0 unspecified atom stereocenters. The van der Waals surface area contributed by atoms with Crippen LogP contribution >= 0.6 is 23.1 Å². The number of hydrogen-bond donors (Lipinski definition) is 2. The fraction of sp³-hybridized carbons (Fsp3) is 0.353. The zero-order valence-corrected chi connectivity index (χ0v) is 15.3. The Balaban J connectivity index is 1.68. The first-order valence-electron chi connectivity index (χ1n) is 8.10. The van der Waals surface area contributed by atoms with Crippen LogP contribution in [0.15, 0.2) is 41.9 Å². The summed E-state index contributed by atoms with van der Waals surface area (Å²) >= 11 is 3.19. The van der Waals surface area contributed by atoms with Crippen LogP contribution in [0.2, 0.25) is 0 Å². The van der Waals surface area contributed by atoms with Gasteiger partial charge in [-0.25, -0.2) is 9.78 Å². The van der Waals surface area contributed by atoms with Crippen LogP contribution in [0.3, 0.4) is 0 Å². The summed E-state index contributed by atoms with van der Waals surface area (Å²) in [6, 6.07) is 8.85. The molecule has 1 aromatic carbocycles. The van der Waals surface area contributed by atoms with E-state index in [0.29, 0.717) is 24.6 Å². The lowest BCUT2D eigenvalue weighted by atomic mass is 10.1. The van der Waals surface area contributed by atoms with Gasteiger partial charge in [0.25, 0.3) is 0 Å². The molecule has 1 atom stereocenters. The van der Waals surface area contributed by atoms with Gasteiger partial charge in [0.1, 0.15) is 6.04 Å². The van der Waals surface area contributed by atoms with Gasteiger partial charge in [-0.2, -0.15) is 11.8 Å². The van der Waals surface area contributed by atoms with Crippen LogP contribution in [-0.4, -0.2) is 52.5 Å². The number of thioether (sulfide) groups is 1. The van der Waals surface area contributed by atoms with Crippen molar-refractivity contribution in [2.75, 3.05) is 29.9 Å². The number of hydrogen-bond acceptors (Lipinski definition) is 5. The second kappa shape index (κ2) is 8.87. The Kier molecular flexibility index (Phi) is 6.30. The van der Waals surface area contributed by atoms with Gasteiger partial charge in [0.2, 0.25) is 5.91 Å². The molecule has 25 heavy (non-hydrogen) atoms. The molecule has 2 heterocycles. The van der Waals surface area contributed by atoms with Gasteiger partial charge >= 0.3 is 6.03 Å². The molecule has 0 radical (unpaired) electrons. The fourth-order valence-corrected chi connectivity index (χ4v) is 3.98. The Morgan fingerprint density at radius 1 is 1.20 bits per heavy atom. The number of benzene rings is 1. The van der Waals surface area contributed by atoms with E-state index >= 15 is 0 Å². The molecule has 1 aliphatic heterocycles. The minimum Gasteiger partial charge on any atom is -0.326 e. The summed E-state index contributed by atoms with van der Waals surface area (Å²) in [6.07, 6.45) is 2.07. The molecule has 1 aromatic heterocycles. The lowest BCUT2D eigenvalue weighted by molar-refractivity contribution is -0.118. The monoisotopic (exact) mass is 376 g/mol. The van der Waals surface area contributed by atoms with Gasteiger partial charge in [0.05, 0.1) is 0 Å². The van der Waals surface area contributed by atoms with Gasteiger partial charge in [-0.15, -0.1) is 11.3 Å². The third kappa shape index (κ3) is 5.20. The zero-order chi connectivity index (χ0) is 17.5. The lowest BCUT2D eigenvalue weighted by Gasteiger charge is -2.28. The Morgan fingerprint density at radius 2 is 1.96 bits per heavy atom. The van der Waals surface area contributed by atoms with Gasteiger partial charge in [-0.1, -0.05) is 30.3 Å². The molecule has 8 heteroatoms. The van der Waals surface area contributed by atoms with Crippen LogP contribution in [-0.2, 0) is 11.2 Å². The zero-order valence-electron chi connectivity index (χ0n) is 13.7. The Morgan fingerprint density at radius 3 is 2.64 bits per heavy atom. The van der Waals surface area contributed by atoms with Crippen LogP contribution in [0.5, 0.6) is 0 Å². The van der Waals surface area contributed by atoms with Crippen molar-refractivity contribution < 1.29 is 9.59 Å². The first kappa shape index (κ1) is 17.8. The highest BCUT2D eigenvalue weighted by atomic mass is 32.2. The van der Waals surface area contributed by atoms with E-state index in [1.54, 1.807) is 16.5 Å². The number of amides is 3. The van der Waals surface area contributed by atoms with Gasteiger partial charge in [-0.05, 0) is 5.56 Å². The summed E-state index contributed by atoms with van der Waals surface area (Å²) in [6.45, 7) is 1.42. The van der Waals surface area contributed by atoms with Crippen molar-refractivity contribution >= 4 is 40.2 Å². The molecule has 1 saturated heterocycles. The van der Waals surface area contributed by atoms with Crippen molar-refractivity contribution in [2.45, 2.75) is 12.5 Å². The first-order chi connectivity index (χ1) is 12.2. The number of urea groups is 1. The first-order valence-corrected chi connectivity index (χ1v) is 10.1. The lowest BCUT2D eigenvalue weighted by Crippen LogP contribution is -2.52. The molecule has 132 valence electrons. The van der Waals surface area contributed by atoms with Crippen LogP contribution in [0.25, 0.3) is 0 Å². The van der Waals surface area contributed by atoms with E-state index < -0.39 is 6.04 Å². The van der Waals surface area contributed by atoms with E-state index in [9.17, 15) is 9.59 Å². The maximum absolute atomic E-state index is 12.7. The number of nitrogens with zero attached hydrogens (tertiary/aromatic N) is 2. The van der Waals surface area contributed by atoms with E-state index in [1.165, 1.54) is 11.3 Å². The summed E-state index contributed by atoms with van der Waals surface area (Å²) in [5.74, 6) is 1.61. The van der Waals surface area contributed by atoms with Crippen LogP contribution in [0, 0.1) is 0 Å². The highest BCUT2D eigenvalue weighted by molar-refractivity contribution is 7.99. The molecular weight excluding hydrogens is 356 g/mol. The minimum absolute atomic E-state index is 0.185. The quantitative estimate of drug-likeness (QED) is 0.841. The molecule has 0 bridgehead atoms. The molecule has 0 aliphatic carbocycles. The van der Waals surface area contributed by atoms with Crippen LogP contribution < -0.4 is 10.6 Å². The molecule has 1 fully saturated rings. The average Bonchev–Trinajstić information content (AvgIpc) is 3.15. The van der Waals surface area contributed by atoms with Crippen molar-refractivity contribution in [1.29, 1.82) is 0 Å². The number of thiazole rings is 1. The van der Waals surface area contributed by atoms with Crippen molar-refractivity contribution in [1.82, 2.24) is 15.2 Å². The summed E-state index contributed by atoms with van der Waals surface area (Å²) < 4.78 is 0. The second-order valence-corrected chi connectivity index (χ2v) is 7.74. The Labute approximate surface area is 155 Å². The maximum atomic E-state index is 12.7. The van der Waals surface area contributed by atoms with Crippen LogP contribution in [0.4, 0.5) is 9.93 Å². The van der Waals surface area contributed by atoms with Crippen molar-refractivity contribution in [2.24, 2.45) is 0 Å². The molecule has 3 amide bonds. The number of aromatic nitrogens is 1. The van der Waals surface area contributed by atoms with Gasteiger partial charge in [0.15, 0.2) is 5.13 Å². The molecule has 2 N–H and O–H groups in total. The molecule has 3 rings (SSSR count). The number of rotatable bonds is 5. The van der Waals surface area contributed by atoms with Gasteiger partial charge in [-0.3, -0.25) is 4.79 Å². The normalized spacial score (nSPS) is 15.4. The molecule has 2 aromatic rings. The van der Waals surface area contributed by atoms with E-state index in [4.69, 9.17) is 0 Å². The third-order valence-electron chi connectivity index (χ3n) is 3.86. The van der Waals surface area contributed by atoms with Crippen LogP contribution in [0.1, 0.15) is 5.56 Å². The molecule has 1 aliphatic rings. The predicted molar refractivity (Wildman–Crippen MR) is 102 cm³/mol. The largest absolute Gasteiger partial charge is 0.326 e. The van der Waals surface area contributed by atoms with Crippen molar-refractivity contribution in [3.63, 3.8) is 0 Å². The highest BCUT2D eigenvalue weighted by Gasteiger charge is 2.25. The minimum atomic E-state index is -0.645. The van der Waals surface area contributed by atoms with E-state index in [-0.39, 0.29) is 11.9 Å². The standard InChI is InChI=1S/C17H20N4O2S2/c22-15(20-16-18-6-9-25-16)14(12-13-4-2-1-3-5-13)19-17(23)21-7-10-24-11-8-21/h1-6,9,14H,7-8,10-12H2,(H,19,23)(H,18,20,22)/t14-/m0/s1. The van der Waals surface area contributed by atoms with Crippen molar-refractivity contribution in [3.8, 4) is 0 Å². The Hall–Kier alpha value is -2.06. The SMILES string of the molecule is O=C(Nc1nccs1)[C@H](Cc1ccccc1)NC(=O)N1CCSCC1. The number of nitrogens with one attached hydrogen (secondary N) is 2. The molecule has 6 nitrogen and oxygen atoms in total. The fourth-order valence-electron chi connectivity index (χ4n) is 2.54. The highest BCUT2D eigenvalue weighted by Crippen LogP contribution is 2.13. The Bertz CT molecular complexity index is 688. The van der Waals surface area contributed by atoms with Gasteiger partial charge in [0, 0.05) is 42.6 Å². The van der Waals surface area contributed by atoms with E-state index in [2.05, 4.69) is 15.6 Å². The average molecular weight is 377 g/mol. The molecule has 0 saturated carbocycles. The molecular formula is C17H20N4O2S2. The number of anilines is 1. The van der Waals surface area contributed by atoms with E-state index in [0.717, 1.165) is 17.1 Å². The summed E-state index contributed by atoms with van der Waals surface area (Å²) in [5, 5.41) is 8.00. The summed E-state index contributed by atoms with van der Waals surface area (Å²) in [5.41, 5.74) is 0.997. The number of carbonyl (C=O) groups is 2. The third-order valence-corrected chi connectivity index (χ3v) is 5.49. The van der Waals surface area contributed by atoms with Crippen molar-refractivity contribution in [3.05, 3.63) is 47.5 Å². The number of carbonyl (C=O) groups excluding carboxylic acids is 2. The summed E-state index contributed by atoms with van der Waals surface area (Å²) in [4.78, 5) is 31.0. The van der Waals surface area contributed by atoms with Gasteiger partial charge < -0.3 is 15.5 Å². The topological polar surface area (TPSA) is 74.3 Å². The molecule has 0 spiro atoms.